The number of hydrogen-bond donors (Lipinski definition) is 1. The van der Waals surface area contributed by atoms with E-state index in [2.05, 4.69) is 15.3 Å². The molecule has 2 aromatic carbocycles. The van der Waals surface area contributed by atoms with Crippen LogP contribution in [-0.2, 0) is 0 Å². The van der Waals surface area contributed by atoms with E-state index in [0.717, 1.165) is 21.3 Å². The third kappa shape index (κ3) is 3.35. The Morgan fingerprint density at radius 2 is 1.82 bits per heavy atom. The number of nitrogens with zero attached hydrogens (tertiary/aromatic N) is 2. The van der Waals surface area contributed by atoms with Crippen LogP contribution in [0.2, 0.25) is 10.0 Å². The van der Waals surface area contributed by atoms with Gasteiger partial charge in [0.1, 0.15) is 17.0 Å². The molecule has 8 heteroatoms. The Morgan fingerprint density at radius 1 is 1.00 bits per heavy atom. The maximum absolute atomic E-state index is 6.33. The van der Waals surface area contributed by atoms with Crippen LogP contribution >= 0.6 is 34.5 Å². The van der Waals surface area contributed by atoms with Crippen LogP contribution in [0.5, 0.6) is 11.5 Å². The van der Waals surface area contributed by atoms with E-state index in [1.165, 1.54) is 6.33 Å². The standard InChI is InChI=1S/C20H15Cl2N3O2S/c1-26-15-7-6-11(8-16(15)27-2)12-9-28-20-17(12)19(23-10-24-20)25-14-5-3-4-13(21)18(14)22/h3-10H,1-2H3,(H,23,24,25). The van der Waals surface area contributed by atoms with Crippen molar-refractivity contribution in [2.75, 3.05) is 19.5 Å². The Morgan fingerprint density at radius 3 is 2.61 bits per heavy atom. The number of methoxy groups -OCH3 is 2. The molecule has 0 amide bonds. The maximum atomic E-state index is 6.33. The van der Waals surface area contributed by atoms with Crippen molar-refractivity contribution in [3.05, 3.63) is 58.2 Å². The number of halogens is 2. The first-order chi connectivity index (χ1) is 13.6. The van der Waals surface area contributed by atoms with Gasteiger partial charge in [0.25, 0.3) is 0 Å². The second kappa shape index (κ2) is 7.83. The number of rotatable bonds is 5. The lowest BCUT2D eigenvalue weighted by molar-refractivity contribution is 0.355. The zero-order valence-electron chi connectivity index (χ0n) is 15.0. The van der Waals surface area contributed by atoms with Gasteiger partial charge in [0.05, 0.1) is 35.3 Å². The number of ether oxygens (including phenoxy) is 2. The zero-order valence-corrected chi connectivity index (χ0v) is 17.3. The van der Waals surface area contributed by atoms with Crippen molar-refractivity contribution in [3.8, 4) is 22.6 Å². The second-order valence-electron chi connectivity index (χ2n) is 5.85. The fourth-order valence-corrected chi connectivity index (χ4v) is 4.18. The molecule has 4 rings (SSSR count). The molecule has 5 nitrogen and oxygen atoms in total. The molecule has 0 fully saturated rings. The third-order valence-electron chi connectivity index (χ3n) is 4.27. The summed E-state index contributed by atoms with van der Waals surface area (Å²) in [7, 11) is 3.23. The van der Waals surface area contributed by atoms with E-state index in [4.69, 9.17) is 32.7 Å². The minimum Gasteiger partial charge on any atom is -0.493 e. The van der Waals surface area contributed by atoms with Gasteiger partial charge in [-0.2, -0.15) is 0 Å². The molecule has 0 radical (unpaired) electrons. The number of anilines is 2. The Hall–Kier alpha value is -2.54. The summed E-state index contributed by atoms with van der Waals surface area (Å²) in [6, 6.07) is 11.2. The molecule has 0 aliphatic carbocycles. The first-order valence-corrected chi connectivity index (χ1v) is 9.91. The lowest BCUT2D eigenvalue weighted by Gasteiger charge is -2.12. The van der Waals surface area contributed by atoms with E-state index < -0.39 is 0 Å². The van der Waals surface area contributed by atoms with Crippen LogP contribution in [0.4, 0.5) is 11.5 Å². The predicted octanol–water partition coefficient (Wildman–Crippen LogP) is 6.43. The largest absolute Gasteiger partial charge is 0.493 e. The molecule has 2 aromatic heterocycles. The highest BCUT2D eigenvalue weighted by Crippen LogP contribution is 2.41. The SMILES string of the molecule is COc1ccc(-c2csc3ncnc(Nc4cccc(Cl)c4Cl)c23)cc1OC. The van der Waals surface area contributed by atoms with Crippen LogP contribution in [0.15, 0.2) is 48.1 Å². The van der Waals surface area contributed by atoms with Gasteiger partial charge >= 0.3 is 0 Å². The maximum Gasteiger partial charge on any atom is 0.161 e. The van der Waals surface area contributed by atoms with Crippen molar-refractivity contribution in [2.24, 2.45) is 0 Å². The van der Waals surface area contributed by atoms with Gasteiger partial charge in [-0.15, -0.1) is 11.3 Å². The summed E-state index contributed by atoms with van der Waals surface area (Å²) < 4.78 is 10.8. The smallest absolute Gasteiger partial charge is 0.161 e. The average Bonchev–Trinajstić information content (AvgIpc) is 3.16. The van der Waals surface area contributed by atoms with Crippen molar-refractivity contribution < 1.29 is 9.47 Å². The fourth-order valence-electron chi connectivity index (χ4n) is 2.91. The molecule has 4 aromatic rings. The van der Waals surface area contributed by atoms with Crippen LogP contribution in [0.3, 0.4) is 0 Å². The summed E-state index contributed by atoms with van der Waals surface area (Å²) in [6.45, 7) is 0. The van der Waals surface area contributed by atoms with Crippen LogP contribution < -0.4 is 14.8 Å². The molecule has 0 saturated heterocycles. The van der Waals surface area contributed by atoms with Crippen molar-refractivity contribution in [3.63, 3.8) is 0 Å². The fraction of sp³-hybridized carbons (Fsp3) is 0.100. The van der Waals surface area contributed by atoms with Gasteiger partial charge in [-0.05, 0) is 29.8 Å². The van der Waals surface area contributed by atoms with Crippen LogP contribution in [-0.4, -0.2) is 24.2 Å². The Balaban J connectivity index is 1.85. The lowest BCUT2D eigenvalue weighted by atomic mass is 10.1. The van der Waals surface area contributed by atoms with Gasteiger partial charge in [0.15, 0.2) is 11.5 Å². The van der Waals surface area contributed by atoms with Crippen molar-refractivity contribution >= 4 is 56.3 Å². The summed E-state index contributed by atoms with van der Waals surface area (Å²) in [5.74, 6) is 1.98. The third-order valence-corrected chi connectivity index (χ3v) is 5.97. The van der Waals surface area contributed by atoms with Crippen LogP contribution in [0.25, 0.3) is 21.3 Å². The number of nitrogens with one attached hydrogen (secondary N) is 1. The molecule has 142 valence electrons. The van der Waals surface area contributed by atoms with Crippen molar-refractivity contribution in [1.29, 1.82) is 0 Å². The molecular formula is C20H15Cl2N3O2S. The first kappa shape index (κ1) is 18.8. The monoisotopic (exact) mass is 431 g/mol. The molecule has 2 heterocycles. The van der Waals surface area contributed by atoms with E-state index in [0.29, 0.717) is 33.0 Å². The van der Waals surface area contributed by atoms with E-state index in [1.807, 2.05) is 35.7 Å². The van der Waals surface area contributed by atoms with E-state index >= 15 is 0 Å². The van der Waals surface area contributed by atoms with Crippen molar-refractivity contribution in [2.45, 2.75) is 0 Å². The molecule has 0 unspecified atom stereocenters. The molecule has 0 bridgehead atoms. The van der Waals surface area contributed by atoms with Gasteiger partial charge in [-0.25, -0.2) is 9.97 Å². The number of hydrogen-bond acceptors (Lipinski definition) is 6. The van der Waals surface area contributed by atoms with Gasteiger partial charge < -0.3 is 14.8 Å². The predicted molar refractivity (Wildman–Crippen MR) is 116 cm³/mol. The Kier molecular flexibility index (Phi) is 5.26. The van der Waals surface area contributed by atoms with Gasteiger partial charge in [-0.1, -0.05) is 35.3 Å². The number of thiophene rings is 1. The minimum atomic E-state index is 0.443. The van der Waals surface area contributed by atoms with Gasteiger partial charge in [0, 0.05) is 10.9 Å². The Bertz CT molecular complexity index is 1160. The molecule has 0 atom stereocenters. The quantitative estimate of drug-likeness (QED) is 0.394. The molecular weight excluding hydrogens is 417 g/mol. The van der Waals surface area contributed by atoms with E-state index in [9.17, 15) is 0 Å². The zero-order chi connectivity index (χ0) is 19.7. The van der Waals surface area contributed by atoms with E-state index in [1.54, 1.807) is 31.6 Å². The van der Waals surface area contributed by atoms with Crippen molar-refractivity contribution in [1.82, 2.24) is 9.97 Å². The lowest BCUT2D eigenvalue weighted by Crippen LogP contribution is -1.96. The summed E-state index contributed by atoms with van der Waals surface area (Å²) >= 11 is 14.0. The topological polar surface area (TPSA) is 56.3 Å². The number of fused-ring (bicyclic) bond motifs is 1. The molecule has 0 aliphatic heterocycles. The summed E-state index contributed by atoms with van der Waals surface area (Å²) in [6.07, 6.45) is 1.53. The minimum absolute atomic E-state index is 0.443. The van der Waals surface area contributed by atoms with Gasteiger partial charge in [-0.3, -0.25) is 0 Å². The summed E-state index contributed by atoms with van der Waals surface area (Å²) in [5.41, 5.74) is 2.64. The molecule has 0 saturated carbocycles. The van der Waals surface area contributed by atoms with Gasteiger partial charge in [0.2, 0.25) is 0 Å². The van der Waals surface area contributed by atoms with Crippen LogP contribution in [0.1, 0.15) is 0 Å². The summed E-state index contributed by atoms with van der Waals surface area (Å²) in [5, 5.41) is 7.15. The van der Waals surface area contributed by atoms with Crippen LogP contribution in [0, 0.1) is 0 Å². The number of aromatic nitrogens is 2. The molecule has 1 N–H and O–H groups in total. The first-order valence-electron chi connectivity index (χ1n) is 8.28. The molecule has 28 heavy (non-hydrogen) atoms. The molecule has 0 aliphatic rings. The highest BCUT2D eigenvalue weighted by Gasteiger charge is 2.16. The molecule has 0 spiro atoms. The average molecular weight is 432 g/mol. The highest BCUT2D eigenvalue weighted by atomic mass is 35.5. The second-order valence-corrected chi connectivity index (χ2v) is 7.49. The Labute approximate surface area is 175 Å². The highest BCUT2D eigenvalue weighted by molar-refractivity contribution is 7.17. The number of benzene rings is 2. The normalized spacial score (nSPS) is 10.9. The van der Waals surface area contributed by atoms with E-state index in [-0.39, 0.29) is 0 Å². The summed E-state index contributed by atoms with van der Waals surface area (Å²) in [4.78, 5) is 9.69.